The average molecular weight is 724 g/mol. The Morgan fingerprint density at radius 2 is 1.12 bits per heavy atom. The fraction of sp³-hybridized carbons (Fsp3) is 0.0769. The lowest BCUT2D eigenvalue weighted by Gasteiger charge is -2.17. The summed E-state index contributed by atoms with van der Waals surface area (Å²) in [6.07, 6.45) is 2.87. The molecule has 9 rings (SSSR count). The molecule has 0 saturated heterocycles. The number of pyridine rings is 1. The predicted molar refractivity (Wildman–Crippen MR) is 232 cm³/mol. The topological polar surface area (TPSA) is 50.9 Å². The maximum Gasteiger partial charge on any atom is 0.149 e. The average Bonchev–Trinajstić information content (AvgIpc) is 3.64. The molecular formula is C52H41N3O. The van der Waals surface area contributed by atoms with Gasteiger partial charge in [0.25, 0.3) is 0 Å². The van der Waals surface area contributed by atoms with Crippen LogP contribution in [0.3, 0.4) is 0 Å². The highest BCUT2D eigenvalue weighted by Gasteiger charge is 2.22. The van der Waals surface area contributed by atoms with Gasteiger partial charge in [-0.3, -0.25) is 9.55 Å². The summed E-state index contributed by atoms with van der Waals surface area (Å²) >= 11 is 0. The molecule has 4 nitrogen and oxygen atoms in total. The van der Waals surface area contributed by atoms with Crippen molar-refractivity contribution in [3.05, 3.63) is 194 Å². The molecule has 7 aromatic carbocycles. The summed E-state index contributed by atoms with van der Waals surface area (Å²) in [5, 5.41) is 11.3. The van der Waals surface area contributed by atoms with Gasteiger partial charge in [0, 0.05) is 22.9 Å². The largest absolute Gasteiger partial charge is 0.507 e. The Labute approximate surface area is 328 Å². The summed E-state index contributed by atoms with van der Waals surface area (Å²) < 4.78 is 2.22. The van der Waals surface area contributed by atoms with Gasteiger partial charge in [0.1, 0.15) is 11.6 Å². The van der Waals surface area contributed by atoms with Crippen LogP contribution in [0.15, 0.2) is 188 Å². The molecule has 0 radical (unpaired) electrons. The zero-order chi connectivity index (χ0) is 38.0. The molecule has 0 amide bonds. The Morgan fingerprint density at radius 1 is 0.500 bits per heavy atom. The fourth-order valence-electron chi connectivity index (χ4n) is 7.77. The lowest BCUT2D eigenvalue weighted by molar-refractivity contribution is 0.477. The van der Waals surface area contributed by atoms with Crippen LogP contribution < -0.4 is 0 Å². The number of nitrogens with zero attached hydrogens (tertiary/aromatic N) is 3. The first-order chi connectivity index (χ1) is 27.5. The van der Waals surface area contributed by atoms with Crippen molar-refractivity contribution in [2.75, 3.05) is 0 Å². The van der Waals surface area contributed by atoms with Crippen molar-refractivity contribution in [2.45, 2.75) is 20.3 Å². The van der Waals surface area contributed by atoms with Crippen molar-refractivity contribution >= 4 is 11.0 Å². The summed E-state index contributed by atoms with van der Waals surface area (Å²) in [5.74, 6) is 1.38. The number of phenolic OH excluding ortho intramolecular Hbond substituents is 1. The molecule has 2 aromatic heterocycles. The number of phenols is 1. The van der Waals surface area contributed by atoms with E-state index in [1.165, 1.54) is 5.56 Å². The molecule has 270 valence electrons. The number of hydrogen-bond acceptors (Lipinski definition) is 3. The molecule has 0 spiro atoms. The molecule has 9 aromatic rings. The van der Waals surface area contributed by atoms with Gasteiger partial charge < -0.3 is 5.11 Å². The normalized spacial score (nSPS) is 11.3. The van der Waals surface area contributed by atoms with E-state index in [0.717, 1.165) is 78.9 Å². The van der Waals surface area contributed by atoms with Crippen molar-refractivity contribution < 1.29 is 5.11 Å². The molecule has 0 atom stereocenters. The number of hydrogen-bond donors (Lipinski definition) is 1. The van der Waals surface area contributed by atoms with Gasteiger partial charge in [-0.25, -0.2) is 4.98 Å². The first-order valence-electron chi connectivity index (χ1n) is 19.2. The lowest BCUT2D eigenvalue weighted by atomic mass is 9.93. The van der Waals surface area contributed by atoms with Gasteiger partial charge in [-0.05, 0) is 112 Å². The van der Waals surface area contributed by atoms with Crippen molar-refractivity contribution in [3.63, 3.8) is 0 Å². The van der Waals surface area contributed by atoms with E-state index in [4.69, 9.17) is 9.97 Å². The summed E-state index contributed by atoms with van der Waals surface area (Å²) in [5.41, 5.74) is 15.4. The number of para-hydroxylation sites is 2. The minimum absolute atomic E-state index is 0.182. The van der Waals surface area contributed by atoms with Gasteiger partial charge in [0.15, 0.2) is 0 Å². The van der Waals surface area contributed by atoms with E-state index in [0.29, 0.717) is 17.3 Å². The highest BCUT2D eigenvalue weighted by atomic mass is 16.3. The van der Waals surface area contributed by atoms with E-state index in [9.17, 15) is 5.11 Å². The van der Waals surface area contributed by atoms with Crippen LogP contribution in [0, 0.1) is 5.92 Å². The predicted octanol–water partition coefficient (Wildman–Crippen LogP) is 13.3. The first kappa shape index (κ1) is 34.7. The third-order valence-corrected chi connectivity index (χ3v) is 10.4. The lowest BCUT2D eigenvalue weighted by Crippen LogP contribution is -2.02. The van der Waals surface area contributed by atoms with Gasteiger partial charge in [0.2, 0.25) is 0 Å². The third-order valence-electron chi connectivity index (χ3n) is 10.4. The van der Waals surface area contributed by atoms with E-state index in [1.807, 2.05) is 36.5 Å². The molecule has 56 heavy (non-hydrogen) atoms. The Balaban J connectivity index is 1.30. The van der Waals surface area contributed by atoms with Crippen molar-refractivity contribution in [1.29, 1.82) is 0 Å². The Kier molecular flexibility index (Phi) is 9.30. The smallest absolute Gasteiger partial charge is 0.149 e. The van der Waals surface area contributed by atoms with Crippen molar-refractivity contribution in [1.82, 2.24) is 14.5 Å². The summed E-state index contributed by atoms with van der Waals surface area (Å²) in [7, 11) is 0. The maximum absolute atomic E-state index is 11.3. The second kappa shape index (κ2) is 15.0. The maximum atomic E-state index is 11.3. The molecule has 0 bridgehead atoms. The third kappa shape index (κ3) is 6.78. The number of fused-ring (bicyclic) bond motifs is 1. The zero-order valence-electron chi connectivity index (χ0n) is 31.5. The second-order valence-electron chi connectivity index (χ2n) is 14.7. The number of rotatable bonds is 9. The molecule has 1 N–H and O–H groups in total. The van der Waals surface area contributed by atoms with Gasteiger partial charge in [-0.1, -0.05) is 135 Å². The molecule has 0 saturated carbocycles. The molecule has 0 aliphatic carbocycles. The minimum Gasteiger partial charge on any atom is -0.507 e. The number of imidazole rings is 1. The van der Waals surface area contributed by atoms with Gasteiger partial charge in [0.05, 0.1) is 28.0 Å². The van der Waals surface area contributed by atoms with Crippen LogP contribution in [0.5, 0.6) is 5.75 Å². The molecule has 4 heteroatoms. The second-order valence-corrected chi connectivity index (χ2v) is 14.7. The van der Waals surface area contributed by atoms with E-state index in [-0.39, 0.29) is 5.75 Å². The molecule has 0 unspecified atom stereocenters. The summed E-state index contributed by atoms with van der Waals surface area (Å²) in [6.45, 7) is 4.51. The van der Waals surface area contributed by atoms with Crippen molar-refractivity contribution in [3.8, 4) is 78.6 Å². The van der Waals surface area contributed by atoms with Gasteiger partial charge in [-0.2, -0.15) is 0 Å². The number of aromatic nitrogens is 3. The molecular weight excluding hydrogens is 683 g/mol. The fourth-order valence-corrected chi connectivity index (χ4v) is 7.77. The van der Waals surface area contributed by atoms with Crippen LogP contribution in [-0.4, -0.2) is 19.6 Å². The van der Waals surface area contributed by atoms with Crippen molar-refractivity contribution in [2.24, 2.45) is 5.92 Å². The Morgan fingerprint density at radius 3 is 1.84 bits per heavy atom. The van der Waals surface area contributed by atoms with Crippen LogP contribution in [0.1, 0.15) is 19.4 Å². The molecule has 2 heterocycles. The molecule has 0 aliphatic heterocycles. The van der Waals surface area contributed by atoms with Crippen LogP contribution in [0.4, 0.5) is 0 Å². The van der Waals surface area contributed by atoms with E-state index < -0.39 is 0 Å². The van der Waals surface area contributed by atoms with Crippen LogP contribution in [-0.2, 0) is 6.42 Å². The van der Waals surface area contributed by atoms with Gasteiger partial charge in [-0.15, -0.1) is 0 Å². The SMILES string of the molecule is CC(C)Cc1ccc(-n2c(-c3ccccc3O)nc3c(-c4cc(-c5ccccc5)cc(-c5cc(-c6ccccc6)ccn5)c4)cccc32)c(-c2ccccc2)c1. The van der Waals surface area contributed by atoms with E-state index in [2.05, 4.69) is 164 Å². The molecule has 0 aliphatic rings. The number of benzene rings is 7. The highest BCUT2D eigenvalue weighted by Crippen LogP contribution is 2.42. The van der Waals surface area contributed by atoms with Crippen LogP contribution in [0.2, 0.25) is 0 Å². The summed E-state index contributed by atoms with van der Waals surface area (Å²) in [6, 6.07) is 63.1. The highest BCUT2D eigenvalue weighted by molar-refractivity contribution is 5.98. The monoisotopic (exact) mass is 723 g/mol. The van der Waals surface area contributed by atoms with E-state index in [1.54, 1.807) is 6.07 Å². The first-order valence-corrected chi connectivity index (χ1v) is 19.2. The Hall–Kier alpha value is -7.04. The van der Waals surface area contributed by atoms with E-state index >= 15 is 0 Å². The summed E-state index contributed by atoms with van der Waals surface area (Å²) in [4.78, 5) is 10.3. The van der Waals surface area contributed by atoms with Crippen LogP contribution >= 0.6 is 0 Å². The zero-order valence-corrected chi connectivity index (χ0v) is 31.5. The quantitative estimate of drug-likeness (QED) is 0.161. The minimum atomic E-state index is 0.182. The van der Waals surface area contributed by atoms with Crippen LogP contribution in [0.25, 0.3) is 83.9 Å². The number of aromatic hydroxyl groups is 1. The standard InChI is InChI=1S/C52H41N3O/c1-35(2)29-36-25-26-48(46(30-36)39-19-10-5-11-20-39)55-49-23-14-22-44(51(49)54-52(55)45-21-12-13-24-50(45)56)42-31-41(38-17-8-4-9-18-38)32-43(33-42)47-34-40(27-28-53-47)37-15-6-3-7-16-37/h3-28,30-35,56H,29H2,1-2H3. The Bertz CT molecular complexity index is 2810. The van der Waals surface area contributed by atoms with Gasteiger partial charge >= 0.3 is 0 Å². The molecule has 0 fully saturated rings.